The van der Waals surface area contributed by atoms with Gasteiger partial charge in [0.25, 0.3) is 5.91 Å². The molecule has 2 rings (SSSR count). The maximum atomic E-state index is 12.6. The van der Waals surface area contributed by atoms with Crippen molar-refractivity contribution >= 4 is 23.3 Å². The van der Waals surface area contributed by atoms with Crippen molar-refractivity contribution in [1.82, 2.24) is 9.88 Å². The molecule has 4 nitrogen and oxygen atoms in total. The molecule has 116 valence electrons. The number of pyridine rings is 1. The van der Waals surface area contributed by atoms with Crippen molar-refractivity contribution in [3.63, 3.8) is 0 Å². The summed E-state index contributed by atoms with van der Waals surface area (Å²) in [6.07, 6.45) is 3.04. The van der Waals surface area contributed by atoms with E-state index in [1.165, 1.54) is 0 Å². The van der Waals surface area contributed by atoms with Gasteiger partial charge < -0.3 is 10.2 Å². The molecule has 0 radical (unpaired) electrons. The molecule has 1 aromatic heterocycles. The van der Waals surface area contributed by atoms with Crippen LogP contribution in [0.2, 0.25) is 5.02 Å². The van der Waals surface area contributed by atoms with Crippen LogP contribution in [-0.2, 0) is 0 Å². The molecule has 1 amide bonds. The minimum absolute atomic E-state index is 0.0596. The van der Waals surface area contributed by atoms with Crippen LogP contribution < -0.4 is 5.32 Å². The highest BCUT2D eigenvalue weighted by molar-refractivity contribution is 6.33. The minimum atomic E-state index is -0.0596. The molecule has 1 saturated heterocycles. The fraction of sp³-hybridized carbons (Fsp3) is 0.625. The molecule has 1 fully saturated rings. The molecule has 1 aliphatic heterocycles. The third-order valence-electron chi connectivity index (χ3n) is 4.01. The first-order chi connectivity index (χ1) is 9.93. The van der Waals surface area contributed by atoms with E-state index < -0.39 is 0 Å². The van der Waals surface area contributed by atoms with E-state index >= 15 is 0 Å². The predicted molar refractivity (Wildman–Crippen MR) is 86.9 cm³/mol. The van der Waals surface area contributed by atoms with Crippen LogP contribution in [0.25, 0.3) is 0 Å². The molecule has 0 bridgehead atoms. The molecular weight excluding hydrogens is 286 g/mol. The Labute approximate surface area is 131 Å². The Balaban J connectivity index is 2.11. The quantitative estimate of drug-likeness (QED) is 0.919. The van der Waals surface area contributed by atoms with E-state index in [9.17, 15) is 4.79 Å². The lowest BCUT2D eigenvalue weighted by atomic mass is 9.82. The lowest BCUT2D eigenvalue weighted by Crippen LogP contribution is -2.41. The van der Waals surface area contributed by atoms with Gasteiger partial charge in [-0.15, -0.1) is 0 Å². The van der Waals surface area contributed by atoms with Crippen LogP contribution in [0.15, 0.2) is 12.1 Å². The molecule has 1 N–H and O–H groups in total. The van der Waals surface area contributed by atoms with E-state index in [0.29, 0.717) is 21.9 Å². The Bertz CT molecular complexity index is 506. The number of anilines is 1. The number of hydrogen-bond acceptors (Lipinski definition) is 3. The second kappa shape index (κ2) is 6.65. The Morgan fingerprint density at radius 3 is 2.67 bits per heavy atom. The monoisotopic (exact) mass is 309 g/mol. The van der Waals surface area contributed by atoms with Crippen molar-refractivity contribution in [2.75, 3.05) is 25.0 Å². The SMILES string of the molecule is CCCNc1ccc(Cl)c(C(=O)N2CCC(C)(C)CC2)n1. The van der Waals surface area contributed by atoms with Gasteiger partial charge in [-0.2, -0.15) is 0 Å². The van der Waals surface area contributed by atoms with Crippen LogP contribution in [0.3, 0.4) is 0 Å². The zero-order chi connectivity index (χ0) is 15.5. The highest BCUT2D eigenvalue weighted by Crippen LogP contribution is 2.30. The molecule has 0 aliphatic carbocycles. The summed E-state index contributed by atoms with van der Waals surface area (Å²) < 4.78 is 0. The first kappa shape index (κ1) is 16.1. The number of halogens is 1. The number of hydrogen-bond donors (Lipinski definition) is 1. The van der Waals surface area contributed by atoms with Crippen molar-refractivity contribution in [3.05, 3.63) is 22.8 Å². The van der Waals surface area contributed by atoms with Crippen molar-refractivity contribution in [2.45, 2.75) is 40.0 Å². The van der Waals surface area contributed by atoms with Gasteiger partial charge in [0.05, 0.1) is 5.02 Å². The van der Waals surface area contributed by atoms with E-state index in [0.717, 1.165) is 38.9 Å². The van der Waals surface area contributed by atoms with Gasteiger partial charge in [0, 0.05) is 19.6 Å². The van der Waals surface area contributed by atoms with Gasteiger partial charge in [-0.3, -0.25) is 4.79 Å². The molecule has 1 aromatic rings. The van der Waals surface area contributed by atoms with Crippen molar-refractivity contribution in [1.29, 1.82) is 0 Å². The second-order valence-corrected chi connectivity index (χ2v) is 6.82. The van der Waals surface area contributed by atoms with E-state index in [1.54, 1.807) is 6.07 Å². The standard InChI is InChI=1S/C16H24ClN3O/c1-4-9-18-13-6-5-12(17)14(19-13)15(21)20-10-7-16(2,3)8-11-20/h5-6H,4,7-11H2,1-3H3,(H,18,19). The zero-order valence-electron chi connectivity index (χ0n) is 13.1. The smallest absolute Gasteiger partial charge is 0.274 e. The summed E-state index contributed by atoms with van der Waals surface area (Å²) in [6.45, 7) is 8.96. The van der Waals surface area contributed by atoms with Crippen LogP contribution >= 0.6 is 11.6 Å². The van der Waals surface area contributed by atoms with Gasteiger partial charge in [-0.25, -0.2) is 4.98 Å². The Morgan fingerprint density at radius 1 is 1.38 bits per heavy atom. The van der Waals surface area contributed by atoms with Gasteiger partial charge in [-0.05, 0) is 36.8 Å². The summed E-state index contributed by atoms with van der Waals surface area (Å²) in [7, 11) is 0. The fourth-order valence-corrected chi connectivity index (χ4v) is 2.59. The number of piperidine rings is 1. The number of aromatic nitrogens is 1. The lowest BCUT2D eigenvalue weighted by Gasteiger charge is -2.36. The summed E-state index contributed by atoms with van der Waals surface area (Å²) >= 11 is 6.16. The van der Waals surface area contributed by atoms with Crippen LogP contribution in [-0.4, -0.2) is 35.4 Å². The van der Waals surface area contributed by atoms with E-state index in [4.69, 9.17) is 11.6 Å². The van der Waals surface area contributed by atoms with Crippen LogP contribution in [0.4, 0.5) is 5.82 Å². The molecule has 0 atom stereocenters. The number of likely N-dealkylation sites (tertiary alicyclic amines) is 1. The molecule has 2 heterocycles. The summed E-state index contributed by atoms with van der Waals surface area (Å²) in [4.78, 5) is 18.9. The molecule has 0 unspecified atom stereocenters. The molecule has 0 saturated carbocycles. The maximum absolute atomic E-state index is 12.6. The number of amides is 1. The van der Waals surface area contributed by atoms with E-state index in [2.05, 4.69) is 31.1 Å². The number of carbonyl (C=O) groups is 1. The molecular formula is C16H24ClN3O. The lowest BCUT2D eigenvalue weighted by molar-refractivity contribution is 0.0625. The summed E-state index contributed by atoms with van der Waals surface area (Å²) in [5, 5.41) is 3.62. The third-order valence-corrected chi connectivity index (χ3v) is 4.31. The summed E-state index contributed by atoms with van der Waals surface area (Å²) in [6, 6.07) is 3.56. The number of carbonyl (C=O) groups excluding carboxylic acids is 1. The fourth-order valence-electron chi connectivity index (χ4n) is 2.41. The first-order valence-electron chi connectivity index (χ1n) is 7.62. The van der Waals surface area contributed by atoms with Gasteiger partial charge in [0.2, 0.25) is 0 Å². The molecule has 21 heavy (non-hydrogen) atoms. The zero-order valence-corrected chi connectivity index (χ0v) is 13.8. The van der Waals surface area contributed by atoms with E-state index in [-0.39, 0.29) is 5.91 Å². The number of nitrogens with one attached hydrogen (secondary N) is 1. The van der Waals surface area contributed by atoms with Crippen molar-refractivity contribution in [2.24, 2.45) is 5.41 Å². The maximum Gasteiger partial charge on any atom is 0.274 e. The van der Waals surface area contributed by atoms with Crippen LogP contribution in [0.1, 0.15) is 50.5 Å². The number of rotatable bonds is 4. The number of nitrogens with zero attached hydrogens (tertiary/aromatic N) is 2. The Kier molecular flexibility index (Phi) is 5.09. The third kappa shape index (κ3) is 4.10. The molecule has 0 aromatic carbocycles. The van der Waals surface area contributed by atoms with Gasteiger partial charge in [0.15, 0.2) is 0 Å². The molecule has 1 aliphatic rings. The van der Waals surface area contributed by atoms with Gasteiger partial charge in [0.1, 0.15) is 11.5 Å². The predicted octanol–water partition coefficient (Wildman–Crippen LogP) is 3.82. The minimum Gasteiger partial charge on any atom is -0.370 e. The van der Waals surface area contributed by atoms with Crippen molar-refractivity contribution < 1.29 is 4.79 Å². The highest BCUT2D eigenvalue weighted by atomic mass is 35.5. The van der Waals surface area contributed by atoms with Crippen LogP contribution in [0, 0.1) is 5.41 Å². The highest BCUT2D eigenvalue weighted by Gasteiger charge is 2.29. The van der Waals surface area contributed by atoms with Gasteiger partial charge in [-0.1, -0.05) is 32.4 Å². The van der Waals surface area contributed by atoms with E-state index in [1.807, 2.05) is 11.0 Å². The molecule has 0 spiro atoms. The average Bonchev–Trinajstić information content (AvgIpc) is 2.46. The van der Waals surface area contributed by atoms with Crippen LogP contribution in [0.5, 0.6) is 0 Å². The second-order valence-electron chi connectivity index (χ2n) is 6.41. The molecule has 5 heteroatoms. The normalized spacial score (nSPS) is 17.6. The Hall–Kier alpha value is -1.29. The topological polar surface area (TPSA) is 45.2 Å². The Morgan fingerprint density at radius 2 is 2.05 bits per heavy atom. The average molecular weight is 310 g/mol. The largest absolute Gasteiger partial charge is 0.370 e. The summed E-state index contributed by atoms with van der Waals surface area (Å²) in [5.74, 6) is 0.651. The first-order valence-corrected chi connectivity index (χ1v) is 8.00. The summed E-state index contributed by atoms with van der Waals surface area (Å²) in [5.41, 5.74) is 0.677. The van der Waals surface area contributed by atoms with Gasteiger partial charge >= 0.3 is 0 Å². The van der Waals surface area contributed by atoms with Crippen molar-refractivity contribution in [3.8, 4) is 0 Å².